The van der Waals surface area contributed by atoms with Gasteiger partial charge in [0.05, 0.1) is 6.07 Å². The number of carbonyl (C=O) groups excluding carboxylic acids is 2. The van der Waals surface area contributed by atoms with E-state index in [2.05, 4.69) is 11.4 Å². The fourth-order valence-electron chi connectivity index (χ4n) is 2.32. The lowest BCUT2D eigenvalue weighted by atomic mass is 9.94. The molecule has 0 radical (unpaired) electrons. The molecule has 0 aromatic carbocycles. The molecule has 1 unspecified atom stereocenters. The van der Waals surface area contributed by atoms with Crippen LogP contribution in [0.5, 0.6) is 0 Å². The number of hydrogen-bond acceptors (Lipinski definition) is 3. The number of amides is 2. The fraction of sp³-hybridized carbons (Fsp3) is 0.769. The molecule has 0 saturated carbocycles. The molecule has 1 saturated heterocycles. The summed E-state index contributed by atoms with van der Waals surface area (Å²) in [5.41, 5.74) is 0. The van der Waals surface area contributed by atoms with E-state index in [9.17, 15) is 9.59 Å². The first kappa shape index (κ1) is 14.5. The van der Waals surface area contributed by atoms with E-state index < -0.39 is 5.92 Å². The number of nitrogens with one attached hydrogen (secondary N) is 1. The summed E-state index contributed by atoms with van der Waals surface area (Å²) < 4.78 is 0. The Morgan fingerprint density at radius 1 is 1.44 bits per heavy atom. The number of nitrogens with zero attached hydrogens (tertiary/aromatic N) is 2. The van der Waals surface area contributed by atoms with Crippen LogP contribution in [0.3, 0.4) is 0 Å². The second-order valence-electron chi connectivity index (χ2n) is 4.68. The molecule has 5 nitrogen and oxygen atoms in total. The molecule has 0 bridgehead atoms. The molecular weight excluding hydrogens is 230 g/mol. The molecule has 100 valence electrons. The molecule has 0 aromatic heterocycles. The molecule has 1 rings (SSSR count). The van der Waals surface area contributed by atoms with Crippen LogP contribution in [0.2, 0.25) is 0 Å². The number of nitriles is 1. The molecule has 0 aliphatic carbocycles. The molecule has 1 aliphatic rings. The predicted octanol–water partition coefficient (Wildman–Crippen LogP) is 0.911. The Morgan fingerprint density at radius 3 is 2.50 bits per heavy atom. The van der Waals surface area contributed by atoms with Gasteiger partial charge in [0.1, 0.15) is 5.92 Å². The number of rotatable bonds is 4. The van der Waals surface area contributed by atoms with Gasteiger partial charge < -0.3 is 10.2 Å². The highest BCUT2D eigenvalue weighted by Crippen LogP contribution is 2.20. The zero-order valence-corrected chi connectivity index (χ0v) is 11.1. The number of hydrogen-bond donors (Lipinski definition) is 1. The number of likely N-dealkylation sites (tertiary alicyclic amines) is 1. The zero-order valence-electron chi connectivity index (χ0n) is 11.1. The summed E-state index contributed by atoms with van der Waals surface area (Å²) in [6, 6.07) is 2.07. The van der Waals surface area contributed by atoms with E-state index >= 15 is 0 Å². The van der Waals surface area contributed by atoms with Crippen LogP contribution in [0.25, 0.3) is 0 Å². The monoisotopic (exact) mass is 251 g/mol. The lowest BCUT2D eigenvalue weighted by molar-refractivity contribution is -0.137. The van der Waals surface area contributed by atoms with Crippen molar-refractivity contribution in [1.29, 1.82) is 5.26 Å². The molecular formula is C13H21N3O2. The number of piperidine rings is 1. The SMILES string of the molecule is CCCC(C#N)C(=O)N1CCC(C(=O)NC)CC1. The van der Waals surface area contributed by atoms with E-state index in [0.29, 0.717) is 32.4 Å². The maximum Gasteiger partial charge on any atom is 0.239 e. The lowest BCUT2D eigenvalue weighted by Crippen LogP contribution is -2.44. The zero-order chi connectivity index (χ0) is 13.5. The molecule has 2 amide bonds. The summed E-state index contributed by atoms with van der Waals surface area (Å²) in [4.78, 5) is 25.3. The van der Waals surface area contributed by atoms with Gasteiger partial charge in [-0.25, -0.2) is 0 Å². The Balaban J connectivity index is 2.50. The predicted molar refractivity (Wildman–Crippen MR) is 67.4 cm³/mol. The second-order valence-corrected chi connectivity index (χ2v) is 4.68. The third-order valence-electron chi connectivity index (χ3n) is 3.46. The molecule has 1 N–H and O–H groups in total. The van der Waals surface area contributed by atoms with Crippen LogP contribution in [-0.2, 0) is 9.59 Å². The average molecular weight is 251 g/mol. The van der Waals surface area contributed by atoms with E-state index in [-0.39, 0.29) is 17.7 Å². The third-order valence-corrected chi connectivity index (χ3v) is 3.46. The van der Waals surface area contributed by atoms with Crippen LogP contribution in [0.15, 0.2) is 0 Å². The van der Waals surface area contributed by atoms with Crippen molar-refractivity contribution in [3.63, 3.8) is 0 Å². The molecule has 18 heavy (non-hydrogen) atoms. The quantitative estimate of drug-likeness (QED) is 0.807. The van der Waals surface area contributed by atoms with Gasteiger partial charge in [-0.05, 0) is 19.3 Å². The Bertz CT molecular complexity index is 341. The van der Waals surface area contributed by atoms with Crippen LogP contribution in [0.1, 0.15) is 32.6 Å². The van der Waals surface area contributed by atoms with Gasteiger partial charge in [-0.15, -0.1) is 0 Å². The van der Waals surface area contributed by atoms with E-state index in [1.165, 1.54) is 0 Å². The topological polar surface area (TPSA) is 73.2 Å². The first-order valence-corrected chi connectivity index (χ1v) is 6.54. The summed E-state index contributed by atoms with van der Waals surface area (Å²) in [5, 5.41) is 11.6. The summed E-state index contributed by atoms with van der Waals surface area (Å²) in [7, 11) is 1.63. The summed E-state index contributed by atoms with van der Waals surface area (Å²) in [6.45, 7) is 3.13. The van der Waals surface area contributed by atoms with Gasteiger partial charge in [0.15, 0.2) is 0 Å². The third kappa shape index (κ3) is 3.46. The van der Waals surface area contributed by atoms with Crippen LogP contribution in [0.4, 0.5) is 0 Å². The van der Waals surface area contributed by atoms with Gasteiger partial charge in [0.25, 0.3) is 0 Å². The van der Waals surface area contributed by atoms with Gasteiger partial charge in [0, 0.05) is 26.1 Å². The van der Waals surface area contributed by atoms with Crippen LogP contribution in [-0.4, -0.2) is 36.9 Å². The Hall–Kier alpha value is -1.57. The van der Waals surface area contributed by atoms with Crippen molar-refractivity contribution in [2.75, 3.05) is 20.1 Å². The largest absolute Gasteiger partial charge is 0.359 e. The van der Waals surface area contributed by atoms with Crippen molar-refractivity contribution in [1.82, 2.24) is 10.2 Å². The number of carbonyl (C=O) groups is 2. The maximum atomic E-state index is 12.1. The Kier molecular flexibility index (Phi) is 5.63. The van der Waals surface area contributed by atoms with Crippen molar-refractivity contribution in [3.8, 4) is 6.07 Å². The van der Waals surface area contributed by atoms with Gasteiger partial charge in [0.2, 0.25) is 11.8 Å². The van der Waals surface area contributed by atoms with Gasteiger partial charge in [-0.1, -0.05) is 13.3 Å². The van der Waals surface area contributed by atoms with Crippen LogP contribution in [0, 0.1) is 23.2 Å². The van der Waals surface area contributed by atoms with Crippen molar-refractivity contribution >= 4 is 11.8 Å². The van der Waals surface area contributed by atoms with E-state index in [4.69, 9.17) is 5.26 Å². The highest BCUT2D eigenvalue weighted by molar-refractivity contribution is 5.82. The van der Waals surface area contributed by atoms with Gasteiger partial charge in [-0.2, -0.15) is 5.26 Å². The van der Waals surface area contributed by atoms with Crippen molar-refractivity contribution in [3.05, 3.63) is 0 Å². The van der Waals surface area contributed by atoms with E-state index in [0.717, 1.165) is 6.42 Å². The molecule has 0 aromatic rings. The standard InChI is InChI=1S/C13H21N3O2/c1-3-4-11(9-14)13(18)16-7-5-10(6-8-16)12(17)15-2/h10-11H,3-8H2,1-2H3,(H,15,17). The smallest absolute Gasteiger partial charge is 0.239 e. The molecule has 5 heteroatoms. The Labute approximate surface area is 108 Å². The Morgan fingerprint density at radius 2 is 2.06 bits per heavy atom. The van der Waals surface area contributed by atoms with Crippen molar-refractivity contribution in [2.45, 2.75) is 32.6 Å². The normalized spacial score (nSPS) is 17.9. The first-order chi connectivity index (χ1) is 8.63. The highest BCUT2D eigenvalue weighted by atomic mass is 16.2. The van der Waals surface area contributed by atoms with Crippen molar-refractivity contribution in [2.24, 2.45) is 11.8 Å². The molecule has 1 aliphatic heterocycles. The lowest BCUT2D eigenvalue weighted by Gasteiger charge is -2.32. The summed E-state index contributed by atoms with van der Waals surface area (Å²) in [5.74, 6) is -0.542. The minimum absolute atomic E-state index is 0.00533. The fourth-order valence-corrected chi connectivity index (χ4v) is 2.32. The first-order valence-electron chi connectivity index (χ1n) is 6.54. The van der Waals surface area contributed by atoms with Gasteiger partial charge in [-0.3, -0.25) is 9.59 Å². The second kappa shape index (κ2) is 7.00. The minimum atomic E-state index is -0.522. The molecule has 1 heterocycles. The van der Waals surface area contributed by atoms with Crippen LogP contribution < -0.4 is 5.32 Å². The highest BCUT2D eigenvalue weighted by Gasteiger charge is 2.29. The molecule has 1 fully saturated rings. The molecule has 0 spiro atoms. The molecule has 1 atom stereocenters. The summed E-state index contributed by atoms with van der Waals surface area (Å²) in [6.07, 6.45) is 2.83. The maximum absolute atomic E-state index is 12.1. The van der Waals surface area contributed by atoms with Gasteiger partial charge >= 0.3 is 0 Å². The minimum Gasteiger partial charge on any atom is -0.359 e. The average Bonchev–Trinajstić information content (AvgIpc) is 2.43. The summed E-state index contributed by atoms with van der Waals surface area (Å²) >= 11 is 0. The van der Waals surface area contributed by atoms with E-state index in [1.54, 1.807) is 11.9 Å². The van der Waals surface area contributed by atoms with E-state index in [1.807, 2.05) is 6.92 Å². The van der Waals surface area contributed by atoms with Crippen LogP contribution >= 0.6 is 0 Å². The van der Waals surface area contributed by atoms with Crippen molar-refractivity contribution < 1.29 is 9.59 Å².